The summed E-state index contributed by atoms with van der Waals surface area (Å²) < 4.78 is 5.55. The first kappa shape index (κ1) is 9.41. The lowest BCUT2D eigenvalue weighted by molar-refractivity contribution is -0.123. The van der Waals surface area contributed by atoms with Crippen LogP contribution in [0.4, 0.5) is 0 Å². The van der Waals surface area contributed by atoms with Crippen molar-refractivity contribution >= 4 is 5.78 Å². The van der Waals surface area contributed by atoms with E-state index in [2.05, 4.69) is 12.1 Å². The molecule has 1 atom stereocenters. The fraction of sp³-hybridized carbons (Fsp3) is 0.417. The van der Waals surface area contributed by atoms with Gasteiger partial charge >= 0.3 is 0 Å². The Morgan fingerprint density at radius 1 is 1.21 bits per heavy atom. The highest BCUT2D eigenvalue weighted by Crippen LogP contribution is 2.25. The standard InChI is InChI=1S/C12H14O2/c13-11-7-4-8-12(14-9-11)10-5-2-1-3-6-10/h1-3,5-6,12H,4,7-9H2. The highest BCUT2D eigenvalue weighted by atomic mass is 16.5. The van der Waals surface area contributed by atoms with Crippen LogP contribution in [0.25, 0.3) is 0 Å². The second kappa shape index (κ2) is 4.38. The predicted molar refractivity (Wildman–Crippen MR) is 54.0 cm³/mol. The van der Waals surface area contributed by atoms with Gasteiger partial charge in [0.15, 0.2) is 5.78 Å². The highest BCUT2D eigenvalue weighted by molar-refractivity contribution is 5.79. The molecule has 1 fully saturated rings. The van der Waals surface area contributed by atoms with E-state index in [1.54, 1.807) is 0 Å². The molecular formula is C12H14O2. The zero-order valence-corrected chi connectivity index (χ0v) is 8.11. The van der Waals surface area contributed by atoms with Crippen LogP contribution in [-0.2, 0) is 9.53 Å². The smallest absolute Gasteiger partial charge is 0.158 e. The Morgan fingerprint density at radius 3 is 2.79 bits per heavy atom. The number of hydrogen-bond acceptors (Lipinski definition) is 2. The molecule has 0 spiro atoms. The molecule has 1 aliphatic rings. The molecule has 0 aliphatic carbocycles. The largest absolute Gasteiger partial charge is 0.366 e. The van der Waals surface area contributed by atoms with Crippen LogP contribution >= 0.6 is 0 Å². The molecule has 2 rings (SSSR count). The van der Waals surface area contributed by atoms with Gasteiger partial charge < -0.3 is 4.74 Å². The summed E-state index contributed by atoms with van der Waals surface area (Å²) in [5.41, 5.74) is 1.18. The lowest BCUT2D eigenvalue weighted by Gasteiger charge is -2.14. The minimum absolute atomic E-state index is 0.114. The monoisotopic (exact) mass is 190 g/mol. The molecule has 14 heavy (non-hydrogen) atoms. The number of ether oxygens (including phenoxy) is 1. The number of carbonyl (C=O) groups is 1. The molecule has 0 N–H and O–H groups in total. The van der Waals surface area contributed by atoms with Crippen molar-refractivity contribution in [2.45, 2.75) is 25.4 Å². The average Bonchev–Trinajstić information content (AvgIpc) is 2.44. The molecule has 1 saturated heterocycles. The fourth-order valence-electron chi connectivity index (χ4n) is 1.76. The van der Waals surface area contributed by atoms with Crippen molar-refractivity contribution in [3.63, 3.8) is 0 Å². The number of carbonyl (C=O) groups excluding carboxylic acids is 1. The van der Waals surface area contributed by atoms with Crippen molar-refractivity contribution in [3.8, 4) is 0 Å². The van der Waals surface area contributed by atoms with Gasteiger partial charge in [0.25, 0.3) is 0 Å². The summed E-state index contributed by atoms with van der Waals surface area (Å²) in [5, 5.41) is 0. The molecule has 1 heterocycles. The topological polar surface area (TPSA) is 26.3 Å². The maximum atomic E-state index is 11.1. The van der Waals surface area contributed by atoms with Crippen LogP contribution in [0.1, 0.15) is 30.9 Å². The van der Waals surface area contributed by atoms with Crippen LogP contribution in [-0.4, -0.2) is 12.4 Å². The van der Waals surface area contributed by atoms with Gasteiger partial charge in [-0.05, 0) is 18.4 Å². The third kappa shape index (κ3) is 2.20. The van der Waals surface area contributed by atoms with Crippen LogP contribution < -0.4 is 0 Å². The Kier molecular flexibility index (Phi) is 2.94. The fourth-order valence-corrected chi connectivity index (χ4v) is 1.76. The summed E-state index contributed by atoms with van der Waals surface area (Å²) in [7, 11) is 0. The first-order valence-electron chi connectivity index (χ1n) is 5.04. The van der Waals surface area contributed by atoms with Crippen LogP contribution in [0, 0.1) is 0 Å². The third-order valence-corrected chi connectivity index (χ3v) is 2.54. The molecule has 2 heteroatoms. The predicted octanol–water partition coefficient (Wildman–Crippen LogP) is 2.50. The molecule has 1 unspecified atom stereocenters. The van der Waals surface area contributed by atoms with Crippen LogP contribution in [0.3, 0.4) is 0 Å². The molecule has 74 valence electrons. The van der Waals surface area contributed by atoms with Gasteiger partial charge in [-0.1, -0.05) is 30.3 Å². The van der Waals surface area contributed by atoms with E-state index in [-0.39, 0.29) is 18.5 Å². The lowest BCUT2D eigenvalue weighted by Crippen LogP contribution is -2.07. The number of benzene rings is 1. The normalized spacial score (nSPS) is 23.1. The van der Waals surface area contributed by atoms with E-state index in [4.69, 9.17) is 4.74 Å². The quantitative estimate of drug-likeness (QED) is 0.680. The van der Waals surface area contributed by atoms with E-state index in [1.165, 1.54) is 5.56 Å². The molecule has 0 amide bonds. The summed E-state index contributed by atoms with van der Waals surface area (Å²) in [5.74, 6) is 0.225. The second-order valence-corrected chi connectivity index (χ2v) is 3.64. The minimum atomic E-state index is 0.114. The average molecular weight is 190 g/mol. The number of Topliss-reactive ketones (excluding diaryl/α,β-unsaturated/α-hetero) is 1. The van der Waals surface area contributed by atoms with E-state index >= 15 is 0 Å². The summed E-state index contributed by atoms with van der Waals surface area (Å²) >= 11 is 0. The Bertz CT molecular complexity index is 305. The summed E-state index contributed by atoms with van der Waals surface area (Å²) in [6.07, 6.45) is 2.68. The van der Waals surface area contributed by atoms with Crippen molar-refractivity contribution in [2.24, 2.45) is 0 Å². The maximum absolute atomic E-state index is 11.1. The van der Waals surface area contributed by atoms with Crippen LogP contribution in [0.5, 0.6) is 0 Å². The summed E-state index contributed by atoms with van der Waals surface area (Å²) in [4.78, 5) is 11.1. The SMILES string of the molecule is O=C1CCCC(c2ccccc2)OC1. The Balaban J connectivity index is 2.08. The van der Waals surface area contributed by atoms with Gasteiger partial charge in [0, 0.05) is 6.42 Å². The van der Waals surface area contributed by atoms with Crippen LogP contribution in [0.15, 0.2) is 30.3 Å². The van der Waals surface area contributed by atoms with E-state index in [1.807, 2.05) is 18.2 Å². The summed E-state index contributed by atoms with van der Waals surface area (Å²) in [6.45, 7) is 0.277. The molecule has 0 bridgehead atoms. The molecule has 1 aromatic carbocycles. The first-order valence-corrected chi connectivity index (χ1v) is 5.04. The number of hydrogen-bond donors (Lipinski definition) is 0. The Hall–Kier alpha value is -1.15. The van der Waals surface area contributed by atoms with Gasteiger partial charge in [0.05, 0.1) is 6.10 Å². The van der Waals surface area contributed by atoms with Gasteiger partial charge in [-0.25, -0.2) is 0 Å². The van der Waals surface area contributed by atoms with E-state index < -0.39 is 0 Å². The molecule has 0 radical (unpaired) electrons. The van der Waals surface area contributed by atoms with Gasteiger partial charge in [-0.3, -0.25) is 4.79 Å². The highest BCUT2D eigenvalue weighted by Gasteiger charge is 2.17. The number of ketones is 1. The molecular weight excluding hydrogens is 176 g/mol. The lowest BCUT2D eigenvalue weighted by atomic mass is 10.0. The maximum Gasteiger partial charge on any atom is 0.158 e. The van der Waals surface area contributed by atoms with Gasteiger partial charge in [0.2, 0.25) is 0 Å². The molecule has 1 aliphatic heterocycles. The van der Waals surface area contributed by atoms with Crippen molar-refractivity contribution in [2.75, 3.05) is 6.61 Å². The van der Waals surface area contributed by atoms with E-state index in [9.17, 15) is 4.79 Å². The first-order chi connectivity index (χ1) is 6.86. The summed E-state index contributed by atoms with van der Waals surface area (Å²) in [6, 6.07) is 10.1. The number of rotatable bonds is 1. The van der Waals surface area contributed by atoms with Gasteiger partial charge in [-0.15, -0.1) is 0 Å². The second-order valence-electron chi connectivity index (χ2n) is 3.64. The van der Waals surface area contributed by atoms with E-state index in [0.29, 0.717) is 6.42 Å². The third-order valence-electron chi connectivity index (χ3n) is 2.54. The van der Waals surface area contributed by atoms with Gasteiger partial charge in [-0.2, -0.15) is 0 Å². The zero-order chi connectivity index (χ0) is 9.80. The van der Waals surface area contributed by atoms with E-state index in [0.717, 1.165) is 12.8 Å². The molecule has 0 saturated carbocycles. The van der Waals surface area contributed by atoms with Crippen molar-refractivity contribution in [3.05, 3.63) is 35.9 Å². The molecule has 0 aromatic heterocycles. The van der Waals surface area contributed by atoms with Crippen molar-refractivity contribution in [1.82, 2.24) is 0 Å². The van der Waals surface area contributed by atoms with Crippen molar-refractivity contribution in [1.29, 1.82) is 0 Å². The Morgan fingerprint density at radius 2 is 2.00 bits per heavy atom. The molecule has 2 nitrogen and oxygen atoms in total. The molecule has 1 aromatic rings. The van der Waals surface area contributed by atoms with Gasteiger partial charge in [0.1, 0.15) is 6.61 Å². The Labute approximate surface area is 83.9 Å². The minimum Gasteiger partial charge on any atom is -0.366 e. The van der Waals surface area contributed by atoms with Crippen LogP contribution in [0.2, 0.25) is 0 Å². The van der Waals surface area contributed by atoms with Crippen molar-refractivity contribution < 1.29 is 9.53 Å². The zero-order valence-electron chi connectivity index (χ0n) is 8.11.